The van der Waals surface area contributed by atoms with Crippen LogP contribution in [0.3, 0.4) is 0 Å². The Labute approximate surface area is 159 Å². The first-order chi connectivity index (χ1) is 10.7. The summed E-state index contributed by atoms with van der Waals surface area (Å²) in [6.45, 7) is 5.85. The van der Waals surface area contributed by atoms with Crippen LogP contribution >= 0.6 is 35.3 Å². The van der Waals surface area contributed by atoms with Gasteiger partial charge in [-0.2, -0.15) is 0 Å². The molecule has 0 spiro atoms. The van der Waals surface area contributed by atoms with Crippen molar-refractivity contribution in [3.05, 3.63) is 45.7 Å². The third-order valence-corrected chi connectivity index (χ3v) is 4.32. The van der Waals surface area contributed by atoms with E-state index in [9.17, 15) is 0 Å². The molecule has 2 heterocycles. The van der Waals surface area contributed by atoms with E-state index in [1.807, 2.05) is 18.6 Å². The molecule has 2 rings (SSSR count). The number of guanidine groups is 1. The molecule has 5 nitrogen and oxygen atoms in total. The van der Waals surface area contributed by atoms with E-state index in [0.29, 0.717) is 0 Å². The van der Waals surface area contributed by atoms with E-state index in [0.717, 1.165) is 36.9 Å². The lowest BCUT2D eigenvalue weighted by Gasteiger charge is -2.12. The monoisotopic (exact) mass is 445 g/mol. The number of aryl methyl sites for hydroxylation is 2. The number of thiazole rings is 1. The second-order valence-electron chi connectivity index (χ2n) is 5.09. The maximum Gasteiger partial charge on any atom is 0.191 e. The highest BCUT2D eigenvalue weighted by atomic mass is 127. The number of halogens is 1. The molecular formula is C16H24IN5S. The molecule has 2 aromatic rings. The van der Waals surface area contributed by atoms with Crippen LogP contribution in [0.25, 0.3) is 0 Å². The summed E-state index contributed by atoms with van der Waals surface area (Å²) in [6, 6.07) is 2.07. The number of nitrogens with zero attached hydrogens (tertiary/aromatic N) is 3. The molecule has 0 saturated heterocycles. The number of aliphatic imine (C=N–C) groups is 1. The van der Waals surface area contributed by atoms with Gasteiger partial charge in [0.25, 0.3) is 0 Å². The van der Waals surface area contributed by atoms with E-state index in [1.165, 1.54) is 16.0 Å². The van der Waals surface area contributed by atoms with Gasteiger partial charge < -0.3 is 10.6 Å². The highest BCUT2D eigenvalue weighted by Crippen LogP contribution is 2.10. The maximum absolute atomic E-state index is 4.36. The van der Waals surface area contributed by atoms with Crippen LogP contribution in [-0.2, 0) is 12.8 Å². The fourth-order valence-corrected chi connectivity index (χ4v) is 2.91. The van der Waals surface area contributed by atoms with Crippen LogP contribution in [0.4, 0.5) is 0 Å². The van der Waals surface area contributed by atoms with Crippen molar-refractivity contribution in [3.8, 4) is 0 Å². The molecule has 2 aromatic heterocycles. The second kappa shape index (κ2) is 10.5. The topological polar surface area (TPSA) is 62.2 Å². The average Bonchev–Trinajstić information content (AvgIpc) is 2.93. The first-order valence-corrected chi connectivity index (χ1v) is 8.26. The third kappa shape index (κ3) is 6.82. The number of pyridine rings is 1. The normalized spacial score (nSPS) is 11.0. The van der Waals surface area contributed by atoms with Crippen molar-refractivity contribution in [2.45, 2.75) is 26.7 Å². The van der Waals surface area contributed by atoms with Gasteiger partial charge in [0.1, 0.15) is 0 Å². The van der Waals surface area contributed by atoms with E-state index in [2.05, 4.69) is 45.5 Å². The SMILES string of the molecule is CN=C(NCCc1ncc(C)s1)NCCc1ccncc1C.I. The van der Waals surface area contributed by atoms with Crippen LogP contribution in [-0.4, -0.2) is 36.1 Å². The van der Waals surface area contributed by atoms with Crippen LogP contribution in [0.5, 0.6) is 0 Å². The Morgan fingerprint density at radius 1 is 1.17 bits per heavy atom. The zero-order valence-electron chi connectivity index (χ0n) is 13.8. The summed E-state index contributed by atoms with van der Waals surface area (Å²) in [4.78, 5) is 14.0. The summed E-state index contributed by atoms with van der Waals surface area (Å²) in [6.07, 6.45) is 7.54. The first-order valence-electron chi connectivity index (χ1n) is 7.44. The molecule has 7 heteroatoms. The van der Waals surface area contributed by atoms with Gasteiger partial charge in [-0.05, 0) is 37.5 Å². The van der Waals surface area contributed by atoms with Crippen molar-refractivity contribution in [1.82, 2.24) is 20.6 Å². The Morgan fingerprint density at radius 3 is 2.52 bits per heavy atom. The van der Waals surface area contributed by atoms with Gasteiger partial charge in [-0.3, -0.25) is 9.98 Å². The Morgan fingerprint density at radius 2 is 1.91 bits per heavy atom. The van der Waals surface area contributed by atoms with Gasteiger partial charge in [-0.1, -0.05) is 0 Å². The van der Waals surface area contributed by atoms with Gasteiger partial charge in [-0.25, -0.2) is 4.98 Å². The molecule has 2 N–H and O–H groups in total. The summed E-state index contributed by atoms with van der Waals surface area (Å²) < 4.78 is 0. The van der Waals surface area contributed by atoms with Gasteiger partial charge >= 0.3 is 0 Å². The van der Waals surface area contributed by atoms with Crippen molar-refractivity contribution >= 4 is 41.3 Å². The van der Waals surface area contributed by atoms with E-state index in [4.69, 9.17) is 0 Å². The molecule has 0 fully saturated rings. The zero-order valence-corrected chi connectivity index (χ0v) is 16.9. The largest absolute Gasteiger partial charge is 0.356 e. The molecule has 23 heavy (non-hydrogen) atoms. The standard InChI is InChI=1S/C16H23N5S.HI/c1-12-10-18-7-4-14(12)5-8-19-16(17-3)20-9-6-15-21-11-13(2)22-15;/h4,7,10-11H,5-6,8-9H2,1-3H3,(H2,17,19,20);1H. The third-order valence-electron chi connectivity index (χ3n) is 3.35. The summed E-state index contributed by atoms with van der Waals surface area (Å²) >= 11 is 1.75. The molecule has 0 bridgehead atoms. The molecule has 0 radical (unpaired) electrons. The summed E-state index contributed by atoms with van der Waals surface area (Å²) in [5, 5.41) is 7.82. The number of rotatable bonds is 6. The second-order valence-corrected chi connectivity index (χ2v) is 6.41. The van der Waals surface area contributed by atoms with E-state index < -0.39 is 0 Å². The van der Waals surface area contributed by atoms with Crippen LogP contribution in [0.2, 0.25) is 0 Å². The fourth-order valence-electron chi connectivity index (χ4n) is 2.12. The van der Waals surface area contributed by atoms with Gasteiger partial charge in [0.2, 0.25) is 0 Å². The van der Waals surface area contributed by atoms with Crippen molar-refractivity contribution < 1.29 is 0 Å². The number of hydrogen-bond acceptors (Lipinski definition) is 4. The molecule has 0 atom stereocenters. The van der Waals surface area contributed by atoms with Crippen LogP contribution in [0, 0.1) is 13.8 Å². The minimum Gasteiger partial charge on any atom is -0.356 e. The Kier molecular flexibility index (Phi) is 9.08. The highest BCUT2D eigenvalue weighted by molar-refractivity contribution is 14.0. The van der Waals surface area contributed by atoms with E-state index in [-0.39, 0.29) is 24.0 Å². The van der Waals surface area contributed by atoms with Crippen LogP contribution in [0.15, 0.2) is 29.6 Å². The molecule has 0 aliphatic rings. The predicted octanol–water partition coefficient (Wildman–Crippen LogP) is 2.72. The fraction of sp³-hybridized carbons (Fsp3) is 0.438. The molecule has 0 saturated carbocycles. The predicted molar refractivity (Wildman–Crippen MR) is 108 cm³/mol. The van der Waals surface area contributed by atoms with Crippen molar-refractivity contribution in [3.63, 3.8) is 0 Å². The first kappa shape index (κ1) is 19.8. The Bertz CT molecular complexity index is 626. The van der Waals surface area contributed by atoms with E-state index >= 15 is 0 Å². The van der Waals surface area contributed by atoms with Crippen molar-refractivity contribution in [1.29, 1.82) is 0 Å². The number of aromatic nitrogens is 2. The molecule has 0 aliphatic heterocycles. The molecule has 0 amide bonds. The molecular weight excluding hydrogens is 421 g/mol. The van der Waals surface area contributed by atoms with Crippen molar-refractivity contribution in [2.24, 2.45) is 4.99 Å². The quantitative estimate of drug-likeness (QED) is 0.408. The molecule has 0 aliphatic carbocycles. The summed E-state index contributed by atoms with van der Waals surface area (Å²) in [5.74, 6) is 0.833. The summed E-state index contributed by atoms with van der Waals surface area (Å²) in [7, 11) is 1.79. The smallest absolute Gasteiger partial charge is 0.191 e. The minimum atomic E-state index is 0. The van der Waals surface area contributed by atoms with Crippen molar-refractivity contribution in [2.75, 3.05) is 20.1 Å². The minimum absolute atomic E-state index is 0. The highest BCUT2D eigenvalue weighted by Gasteiger charge is 2.02. The lowest BCUT2D eigenvalue weighted by molar-refractivity contribution is 0.780. The molecule has 126 valence electrons. The molecule has 0 aromatic carbocycles. The Balaban J connectivity index is 0.00000264. The van der Waals surface area contributed by atoms with Crippen LogP contribution < -0.4 is 10.6 Å². The maximum atomic E-state index is 4.36. The number of hydrogen-bond donors (Lipinski definition) is 2. The van der Waals surface area contributed by atoms with Crippen LogP contribution in [0.1, 0.15) is 21.0 Å². The van der Waals surface area contributed by atoms with Gasteiger partial charge in [0.05, 0.1) is 5.01 Å². The zero-order chi connectivity index (χ0) is 15.8. The lowest BCUT2D eigenvalue weighted by Crippen LogP contribution is -2.39. The van der Waals surface area contributed by atoms with E-state index in [1.54, 1.807) is 18.4 Å². The average molecular weight is 445 g/mol. The van der Waals surface area contributed by atoms with Gasteiger partial charge in [-0.15, -0.1) is 35.3 Å². The Hall–Kier alpha value is -1.22. The summed E-state index contributed by atoms with van der Waals surface area (Å²) in [5.41, 5.74) is 2.54. The number of nitrogens with one attached hydrogen (secondary N) is 2. The lowest BCUT2D eigenvalue weighted by atomic mass is 10.1. The van der Waals surface area contributed by atoms with Gasteiger partial charge in [0.15, 0.2) is 5.96 Å². The molecule has 0 unspecified atom stereocenters. The van der Waals surface area contributed by atoms with Gasteiger partial charge in [0, 0.05) is 50.0 Å².